The molecule has 4 nitrogen and oxygen atoms in total. The van der Waals surface area contributed by atoms with Gasteiger partial charge in [-0.05, 0) is 38.5 Å². The van der Waals surface area contributed by atoms with Crippen molar-refractivity contribution in [3.8, 4) is 10.8 Å². The number of hydrogen-bond acceptors (Lipinski definition) is 4. The van der Waals surface area contributed by atoms with Crippen molar-refractivity contribution >= 4 is 46.8 Å². The summed E-state index contributed by atoms with van der Waals surface area (Å²) < 4.78 is 10.4. The minimum atomic E-state index is -0.143. The molecular weight excluding hydrogens is 389 g/mol. The normalized spacial score (nSPS) is 12.2. The summed E-state index contributed by atoms with van der Waals surface area (Å²) in [4.78, 5) is 6.55. The average Bonchev–Trinajstić information content (AvgIpc) is 2.89. The van der Waals surface area contributed by atoms with Crippen molar-refractivity contribution in [2.24, 2.45) is 4.99 Å². The average molecular weight is 414 g/mol. The lowest BCUT2D eigenvalue weighted by molar-refractivity contribution is 0.429. The van der Waals surface area contributed by atoms with Gasteiger partial charge in [0.1, 0.15) is 10.8 Å². The van der Waals surface area contributed by atoms with Crippen LogP contribution in [0.5, 0.6) is 10.8 Å². The molecule has 0 radical (unpaired) electrons. The molecule has 0 amide bonds. The molecule has 0 saturated heterocycles. The van der Waals surface area contributed by atoms with Gasteiger partial charge in [0.05, 0.1) is 22.7 Å². The molecule has 2 rings (SSSR count). The Hall–Kier alpha value is -1.30. The van der Waals surface area contributed by atoms with Crippen molar-refractivity contribution in [1.29, 1.82) is 0 Å². The molecule has 26 heavy (non-hydrogen) atoms. The number of aromatic nitrogens is 1. The van der Waals surface area contributed by atoms with Gasteiger partial charge in [-0.3, -0.25) is 0 Å². The fraction of sp³-hybridized carbons (Fsp3) is 0.474. The summed E-state index contributed by atoms with van der Waals surface area (Å²) in [7, 11) is 1.99. The van der Waals surface area contributed by atoms with E-state index in [1.807, 2.05) is 24.9 Å². The zero-order valence-corrected chi connectivity index (χ0v) is 18.6. The van der Waals surface area contributed by atoms with Crippen LogP contribution in [0, 0.1) is 6.92 Å². The van der Waals surface area contributed by atoms with Gasteiger partial charge in [-0.2, -0.15) is 4.37 Å². The third-order valence-corrected chi connectivity index (χ3v) is 5.45. The maximum atomic E-state index is 6.45. The molecule has 0 aliphatic rings. The van der Waals surface area contributed by atoms with Gasteiger partial charge < -0.3 is 9.64 Å². The molecule has 0 saturated carbocycles. The van der Waals surface area contributed by atoms with Crippen LogP contribution in [-0.4, -0.2) is 28.7 Å². The zero-order chi connectivity index (χ0) is 19.6. The Kier molecular flexibility index (Phi) is 6.59. The number of ether oxygens (including phenoxy) is 1. The fourth-order valence-electron chi connectivity index (χ4n) is 2.04. The molecule has 0 spiro atoms. The van der Waals surface area contributed by atoms with Crippen LogP contribution in [0.15, 0.2) is 17.1 Å². The molecule has 0 aliphatic heterocycles. The van der Waals surface area contributed by atoms with Crippen LogP contribution in [0.2, 0.25) is 10.0 Å². The molecule has 0 N–H and O–H groups in total. The molecule has 1 aromatic heterocycles. The van der Waals surface area contributed by atoms with E-state index in [9.17, 15) is 0 Å². The zero-order valence-electron chi connectivity index (χ0n) is 16.2. The van der Waals surface area contributed by atoms with Crippen LogP contribution in [0.25, 0.3) is 0 Å². The van der Waals surface area contributed by atoms with Crippen molar-refractivity contribution < 1.29 is 4.74 Å². The predicted octanol–water partition coefficient (Wildman–Crippen LogP) is 6.85. The first-order chi connectivity index (χ1) is 12.0. The number of aryl methyl sites for hydroxylation is 1. The van der Waals surface area contributed by atoms with Gasteiger partial charge in [0.2, 0.25) is 5.06 Å². The Morgan fingerprint density at radius 2 is 1.92 bits per heavy atom. The van der Waals surface area contributed by atoms with Gasteiger partial charge in [-0.25, -0.2) is 4.99 Å². The minimum absolute atomic E-state index is 0.143. The molecule has 0 aliphatic carbocycles. The molecular formula is C19H25Cl2N3OS. The summed E-state index contributed by atoms with van der Waals surface area (Å²) in [5, 5.41) is 1.57. The second-order valence-electron chi connectivity index (χ2n) is 7.56. The van der Waals surface area contributed by atoms with Crippen molar-refractivity contribution in [2.75, 3.05) is 7.05 Å². The Bertz CT molecular complexity index is 810. The quantitative estimate of drug-likeness (QED) is 0.397. The van der Waals surface area contributed by atoms with E-state index in [0.29, 0.717) is 26.9 Å². The lowest BCUT2D eigenvalue weighted by Gasteiger charge is -2.17. The maximum Gasteiger partial charge on any atom is 0.219 e. The summed E-state index contributed by atoms with van der Waals surface area (Å²) in [6.45, 7) is 12.4. The van der Waals surface area contributed by atoms with E-state index in [4.69, 9.17) is 27.9 Å². The third-order valence-electron chi connectivity index (χ3n) is 3.96. The molecule has 0 atom stereocenters. The number of halogens is 2. The molecule has 142 valence electrons. The smallest absolute Gasteiger partial charge is 0.219 e. The van der Waals surface area contributed by atoms with E-state index in [-0.39, 0.29) is 5.41 Å². The van der Waals surface area contributed by atoms with Crippen molar-refractivity contribution in [3.05, 3.63) is 33.4 Å². The Balaban J connectivity index is 2.28. The molecule has 0 unspecified atom stereocenters. The summed E-state index contributed by atoms with van der Waals surface area (Å²) in [6.07, 6.45) is 1.81. The molecule has 0 bridgehead atoms. The summed E-state index contributed by atoms with van der Waals surface area (Å²) in [5.74, 6) is 0.548. The second-order valence-corrected chi connectivity index (χ2v) is 9.08. The lowest BCUT2D eigenvalue weighted by atomic mass is 9.92. The second kappa shape index (κ2) is 8.15. The highest BCUT2D eigenvalue weighted by Crippen LogP contribution is 2.43. The highest BCUT2D eigenvalue weighted by Gasteiger charge is 2.25. The monoisotopic (exact) mass is 413 g/mol. The molecule has 1 heterocycles. The van der Waals surface area contributed by atoms with Crippen LogP contribution in [0.4, 0.5) is 5.69 Å². The van der Waals surface area contributed by atoms with Crippen LogP contribution in [0.3, 0.4) is 0 Å². The molecule has 0 fully saturated rings. The Morgan fingerprint density at radius 3 is 2.46 bits per heavy atom. The molecule has 2 aromatic rings. The first kappa shape index (κ1) is 21.0. The van der Waals surface area contributed by atoms with E-state index < -0.39 is 0 Å². The van der Waals surface area contributed by atoms with Gasteiger partial charge in [-0.1, -0.05) is 44.0 Å². The van der Waals surface area contributed by atoms with Gasteiger partial charge in [0.25, 0.3) is 0 Å². The summed E-state index contributed by atoms with van der Waals surface area (Å²) in [6, 6.07) is 4.05. The predicted molar refractivity (Wildman–Crippen MR) is 113 cm³/mol. The van der Waals surface area contributed by atoms with Crippen LogP contribution in [-0.2, 0) is 5.41 Å². The van der Waals surface area contributed by atoms with Gasteiger partial charge in [-0.15, -0.1) is 0 Å². The summed E-state index contributed by atoms with van der Waals surface area (Å²) >= 11 is 14.1. The Morgan fingerprint density at radius 1 is 1.27 bits per heavy atom. The maximum absolute atomic E-state index is 6.45. The standard InChI is InChI=1S/C19H25Cl2N3OS/c1-11(2)24(7)10-22-14-9-13(20)15(8-12(14)3)25-18-16(21)17(23-26-18)19(4,5)6/h8-11H,1-7H3/b22-10-. The number of benzene rings is 1. The number of hydrogen-bond donors (Lipinski definition) is 0. The fourth-order valence-corrected chi connectivity index (χ4v) is 3.60. The Labute approximate surface area is 170 Å². The topological polar surface area (TPSA) is 37.7 Å². The van der Waals surface area contributed by atoms with Crippen molar-refractivity contribution in [3.63, 3.8) is 0 Å². The number of nitrogens with zero attached hydrogens (tertiary/aromatic N) is 3. The van der Waals surface area contributed by atoms with Crippen molar-refractivity contribution in [2.45, 2.75) is 53.0 Å². The minimum Gasteiger partial charge on any atom is -0.442 e. The van der Waals surface area contributed by atoms with Crippen molar-refractivity contribution in [1.82, 2.24) is 9.27 Å². The molecule has 1 aromatic carbocycles. The lowest BCUT2D eigenvalue weighted by Crippen LogP contribution is -2.24. The van der Waals surface area contributed by atoms with Crippen LogP contribution >= 0.6 is 34.7 Å². The molecule has 7 heteroatoms. The number of aliphatic imine (C=N–C) groups is 1. The van der Waals surface area contributed by atoms with Gasteiger partial charge in [0, 0.05) is 30.0 Å². The highest BCUT2D eigenvalue weighted by atomic mass is 35.5. The van der Waals surface area contributed by atoms with E-state index in [0.717, 1.165) is 16.9 Å². The summed E-state index contributed by atoms with van der Waals surface area (Å²) in [5.41, 5.74) is 2.45. The SMILES string of the molecule is Cc1cc(Oc2snc(C(C)(C)C)c2Cl)c(Cl)cc1/N=C\N(C)C(C)C. The van der Waals surface area contributed by atoms with E-state index in [1.165, 1.54) is 11.5 Å². The van der Waals surface area contributed by atoms with Crippen LogP contribution in [0.1, 0.15) is 45.9 Å². The van der Waals surface area contributed by atoms with Gasteiger partial charge in [0.15, 0.2) is 0 Å². The highest BCUT2D eigenvalue weighted by molar-refractivity contribution is 7.08. The first-order valence-electron chi connectivity index (χ1n) is 8.40. The van der Waals surface area contributed by atoms with E-state index in [1.54, 1.807) is 12.4 Å². The van der Waals surface area contributed by atoms with E-state index in [2.05, 4.69) is 44.0 Å². The van der Waals surface area contributed by atoms with Gasteiger partial charge >= 0.3 is 0 Å². The largest absolute Gasteiger partial charge is 0.442 e. The van der Waals surface area contributed by atoms with Crippen LogP contribution < -0.4 is 4.74 Å². The third kappa shape index (κ3) is 4.90. The van der Waals surface area contributed by atoms with E-state index >= 15 is 0 Å². The number of rotatable bonds is 5. The first-order valence-corrected chi connectivity index (χ1v) is 9.93.